The van der Waals surface area contributed by atoms with Crippen LogP contribution in [0.25, 0.3) is 0 Å². The maximum absolute atomic E-state index is 12.6. The van der Waals surface area contributed by atoms with Gasteiger partial charge in [0, 0.05) is 18.8 Å². The lowest BCUT2D eigenvalue weighted by molar-refractivity contribution is 0.148. The van der Waals surface area contributed by atoms with Crippen LogP contribution in [0.15, 0.2) is 34.1 Å². The molecule has 0 amide bonds. The number of benzene rings is 1. The minimum Gasteiger partial charge on any atom is -0.299 e. The van der Waals surface area contributed by atoms with Gasteiger partial charge in [-0.1, -0.05) is 25.8 Å². The lowest BCUT2D eigenvalue weighted by Gasteiger charge is -2.35. The maximum Gasteiger partial charge on any atom is 0.240 e. The van der Waals surface area contributed by atoms with Gasteiger partial charge in [0.25, 0.3) is 0 Å². The highest BCUT2D eigenvalue weighted by atomic mass is 32.2. The van der Waals surface area contributed by atoms with E-state index in [0.717, 1.165) is 51.4 Å². The molecule has 1 aromatic carbocycles. The van der Waals surface area contributed by atoms with E-state index in [2.05, 4.69) is 16.5 Å². The van der Waals surface area contributed by atoms with Crippen LogP contribution in [0, 0.1) is 0 Å². The molecule has 6 nitrogen and oxygen atoms in total. The largest absolute Gasteiger partial charge is 0.299 e. The lowest BCUT2D eigenvalue weighted by Crippen LogP contribution is -2.46. The van der Waals surface area contributed by atoms with Crippen molar-refractivity contribution in [1.29, 1.82) is 0 Å². The summed E-state index contributed by atoms with van der Waals surface area (Å²) in [5.74, 6) is 0. The summed E-state index contributed by atoms with van der Waals surface area (Å²) in [6.45, 7) is 4.51. The Kier molecular flexibility index (Phi) is 7.01. The zero-order chi connectivity index (χ0) is 18.5. The number of hydrogen-bond donors (Lipinski definition) is 1. The summed E-state index contributed by atoms with van der Waals surface area (Å²) < 4.78 is 51.0. The van der Waals surface area contributed by atoms with Crippen LogP contribution in [0.1, 0.15) is 39.0 Å². The molecule has 0 aliphatic carbocycles. The van der Waals surface area contributed by atoms with Crippen molar-refractivity contribution in [3.63, 3.8) is 0 Å². The van der Waals surface area contributed by atoms with Crippen molar-refractivity contribution < 1.29 is 16.8 Å². The van der Waals surface area contributed by atoms with Gasteiger partial charge in [0.1, 0.15) is 0 Å². The van der Waals surface area contributed by atoms with Gasteiger partial charge >= 0.3 is 0 Å². The quantitative estimate of drug-likeness (QED) is 0.737. The van der Waals surface area contributed by atoms with E-state index < -0.39 is 19.9 Å². The first kappa shape index (κ1) is 20.4. The number of hydrogen-bond acceptors (Lipinski definition) is 5. The summed E-state index contributed by atoms with van der Waals surface area (Å²) in [7, 11) is -7.17. The first-order valence-electron chi connectivity index (χ1n) is 8.78. The number of nitrogens with one attached hydrogen (secondary N) is 1. The molecular weight excluding hydrogens is 360 g/mol. The summed E-state index contributed by atoms with van der Waals surface area (Å²) in [6.07, 6.45) is 6.55. The summed E-state index contributed by atoms with van der Waals surface area (Å²) in [5, 5.41) is 0. The molecule has 1 heterocycles. The third-order valence-electron chi connectivity index (χ3n) is 4.60. The Morgan fingerprint density at radius 3 is 2.56 bits per heavy atom. The number of nitrogens with zero attached hydrogens (tertiary/aromatic N) is 1. The third kappa shape index (κ3) is 5.77. The van der Waals surface area contributed by atoms with Crippen LogP contribution in [0.4, 0.5) is 0 Å². The SMILES string of the molecule is CCCCN1CCCCC1CNS(=O)(=O)c1cccc(S(C)(=O)=O)c1. The maximum atomic E-state index is 12.6. The fourth-order valence-electron chi connectivity index (χ4n) is 3.11. The highest BCUT2D eigenvalue weighted by Crippen LogP contribution is 2.19. The smallest absolute Gasteiger partial charge is 0.240 e. The van der Waals surface area contributed by atoms with E-state index in [1.807, 2.05) is 0 Å². The van der Waals surface area contributed by atoms with Crippen LogP contribution in [-0.2, 0) is 19.9 Å². The van der Waals surface area contributed by atoms with Crippen LogP contribution in [0.3, 0.4) is 0 Å². The van der Waals surface area contributed by atoms with Gasteiger partial charge in [0.15, 0.2) is 9.84 Å². The lowest BCUT2D eigenvalue weighted by atomic mass is 10.0. The Bertz CT molecular complexity index is 776. The molecule has 2 rings (SSSR count). The highest BCUT2D eigenvalue weighted by Gasteiger charge is 2.24. The molecule has 142 valence electrons. The van der Waals surface area contributed by atoms with Crippen LogP contribution < -0.4 is 4.72 Å². The zero-order valence-corrected chi connectivity index (χ0v) is 16.6. The second kappa shape index (κ2) is 8.62. The molecule has 1 aromatic rings. The monoisotopic (exact) mass is 388 g/mol. The Hall–Kier alpha value is -0.960. The minimum absolute atomic E-state index is 0.00802. The number of sulfonamides is 1. The zero-order valence-electron chi connectivity index (χ0n) is 14.9. The van der Waals surface area contributed by atoms with Gasteiger partial charge in [-0.3, -0.25) is 4.90 Å². The summed E-state index contributed by atoms with van der Waals surface area (Å²) in [6, 6.07) is 5.70. The second-order valence-corrected chi connectivity index (χ2v) is 10.4. The molecule has 1 saturated heterocycles. The Morgan fingerprint density at radius 2 is 1.88 bits per heavy atom. The van der Waals surface area contributed by atoms with E-state index in [-0.39, 0.29) is 15.8 Å². The van der Waals surface area contributed by atoms with E-state index >= 15 is 0 Å². The molecule has 1 aliphatic heterocycles. The Balaban J connectivity index is 2.08. The van der Waals surface area contributed by atoms with Crippen LogP contribution in [0.5, 0.6) is 0 Å². The van der Waals surface area contributed by atoms with Gasteiger partial charge in [-0.25, -0.2) is 21.6 Å². The molecule has 0 saturated carbocycles. The van der Waals surface area contributed by atoms with Gasteiger partial charge in [0.2, 0.25) is 10.0 Å². The van der Waals surface area contributed by atoms with Gasteiger partial charge < -0.3 is 0 Å². The molecule has 1 unspecified atom stereocenters. The van der Waals surface area contributed by atoms with E-state index in [1.165, 1.54) is 24.3 Å². The fourth-order valence-corrected chi connectivity index (χ4v) is 4.97. The highest BCUT2D eigenvalue weighted by molar-refractivity contribution is 7.91. The summed E-state index contributed by atoms with van der Waals surface area (Å²) in [4.78, 5) is 2.37. The molecule has 0 spiro atoms. The predicted molar refractivity (Wildman–Crippen MR) is 98.9 cm³/mol. The van der Waals surface area contributed by atoms with Gasteiger partial charge in [-0.2, -0.15) is 0 Å². The molecular formula is C17H28N2O4S2. The molecule has 8 heteroatoms. The van der Waals surface area contributed by atoms with Crippen molar-refractivity contribution in [3.8, 4) is 0 Å². The normalized spacial score (nSPS) is 19.8. The predicted octanol–water partition coefficient (Wildman–Crippen LogP) is 2.02. The molecule has 1 N–H and O–H groups in total. The van der Waals surface area contributed by atoms with Crippen molar-refractivity contribution in [2.75, 3.05) is 25.9 Å². The summed E-state index contributed by atoms with van der Waals surface area (Å²) in [5.41, 5.74) is 0. The van der Waals surface area contributed by atoms with Crippen molar-refractivity contribution >= 4 is 19.9 Å². The first-order valence-corrected chi connectivity index (χ1v) is 12.2. The molecule has 0 radical (unpaired) electrons. The number of piperidine rings is 1. The van der Waals surface area contributed by atoms with E-state index in [1.54, 1.807) is 0 Å². The molecule has 0 bridgehead atoms. The Morgan fingerprint density at radius 1 is 1.16 bits per heavy atom. The number of unbranched alkanes of at least 4 members (excludes halogenated alkanes) is 1. The van der Waals surface area contributed by atoms with Crippen molar-refractivity contribution in [1.82, 2.24) is 9.62 Å². The van der Waals surface area contributed by atoms with E-state index in [4.69, 9.17) is 0 Å². The van der Waals surface area contributed by atoms with Gasteiger partial charge in [-0.05, 0) is 50.6 Å². The molecule has 1 atom stereocenters. The second-order valence-electron chi connectivity index (χ2n) is 6.64. The van der Waals surface area contributed by atoms with Gasteiger partial charge in [-0.15, -0.1) is 0 Å². The molecule has 25 heavy (non-hydrogen) atoms. The third-order valence-corrected chi connectivity index (χ3v) is 7.13. The molecule has 0 aromatic heterocycles. The van der Waals surface area contributed by atoms with Crippen molar-refractivity contribution in [2.24, 2.45) is 0 Å². The topological polar surface area (TPSA) is 83.6 Å². The Labute approximate surface area is 151 Å². The minimum atomic E-state index is -3.73. The average Bonchev–Trinajstić information content (AvgIpc) is 2.58. The number of rotatable bonds is 8. The van der Waals surface area contributed by atoms with Crippen LogP contribution in [0.2, 0.25) is 0 Å². The van der Waals surface area contributed by atoms with Crippen molar-refractivity contribution in [2.45, 2.75) is 54.9 Å². The molecule has 1 aliphatic rings. The van der Waals surface area contributed by atoms with Gasteiger partial charge in [0.05, 0.1) is 9.79 Å². The molecule has 1 fully saturated rings. The number of sulfone groups is 1. The fraction of sp³-hybridized carbons (Fsp3) is 0.647. The van der Waals surface area contributed by atoms with Crippen LogP contribution in [-0.4, -0.2) is 53.7 Å². The van der Waals surface area contributed by atoms with Crippen LogP contribution >= 0.6 is 0 Å². The standard InChI is InChI=1S/C17H28N2O4S2/c1-3-4-11-19-12-6-5-8-15(19)14-18-25(22,23)17-10-7-9-16(13-17)24(2,20)21/h7,9-10,13,15,18H,3-6,8,11-12,14H2,1-2H3. The average molecular weight is 389 g/mol. The van der Waals surface area contributed by atoms with E-state index in [0.29, 0.717) is 6.54 Å². The van der Waals surface area contributed by atoms with E-state index in [9.17, 15) is 16.8 Å². The first-order chi connectivity index (χ1) is 11.7. The number of likely N-dealkylation sites (tertiary alicyclic amines) is 1. The summed E-state index contributed by atoms with van der Waals surface area (Å²) >= 11 is 0. The van der Waals surface area contributed by atoms with Crippen molar-refractivity contribution in [3.05, 3.63) is 24.3 Å².